The standard InChI is InChI=1S/C18H28N2O.ClH/c1-13(18(2,3)4)17(21)20-11-15(10-19)16(12-20)14-8-6-5-7-9-14;/h5-9,13,15-16H,10-12,19H2,1-4H3;1H/t13?,15-,16+;/m1./s1. The van der Waals surface area contributed by atoms with Crippen molar-refractivity contribution in [2.24, 2.45) is 23.0 Å². The van der Waals surface area contributed by atoms with Gasteiger partial charge in [-0.2, -0.15) is 0 Å². The summed E-state index contributed by atoms with van der Waals surface area (Å²) in [6.45, 7) is 10.6. The van der Waals surface area contributed by atoms with Gasteiger partial charge in [-0.05, 0) is 23.4 Å². The topological polar surface area (TPSA) is 46.3 Å². The minimum atomic E-state index is 0. The number of hydrogen-bond acceptors (Lipinski definition) is 2. The summed E-state index contributed by atoms with van der Waals surface area (Å²) in [5.74, 6) is 1.03. The number of halogens is 1. The number of benzene rings is 1. The second-order valence-electron chi connectivity index (χ2n) is 7.34. The zero-order valence-corrected chi connectivity index (χ0v) is 14.9. The van der Waals surface area contributed by atoms with Gasteiger partial charge >= 0.3 is 0 Å². The Morgan fingerprint density at radius 1 is 1.27 bits per heavy atom. The van der Waals surface area contributed by atoms with Crippen molar-refractivity contribution in [3.05, 3.63) is 35.9 Å². The molecule has 1 fully saturated rings. The molecule has 1 aliphatic rings. The molecule has 1 heterocycles. The van der Waals surface area contributed by atoms with E-state index in [1.165, 1.54) is 5.56 Å². The molecule has 1 unspecified atom stereocenters. The van der Waals surface area contributed by atoms with Gasteiger partial charge < -0.3 is 10.6 Å². The van der Waals surface area contributed by atoms with Crippen LogP contribution in [-0.4, -0.2) is 30.4 Å². The van der Waals surface area contributed by atoms with Gasteiger partial charge in [0.05, 0.1) is 0 Å². The molecule has 1 aromatic carbocycles. The van der Waals surface area contributed by atoms with Crippen LogP contribution in [0.2, 0.25) is 0 Å². The van der Waals surface area contributed by atoms with Gasteiger partial charge in [-0.25, -0.2) is 0 Å². The number of carbonyl (C=O) groups is 1. The van der Waals surface area contributed by atoms with E-state index in [0.29, 0.717) is 18.4 Å². The van der Waals surface area contributed by atoms with E-state index in [2.05, 4.69) is 45.0 Å². The van der Waals surface area contributed by atoms with Gasteiger partial charge in [-0.3, -0.25) is 4.79 Å². The second kappa shape index (κ2) is 7.47. The molecule has 0 saturated carbocycles. The first-order chi connectivity index (χ1) is 9.84. The number of likely N-dealkylation sites (tertiary alicyclic amines) is 1. The number of rotatable bonds is 3. The van der Waals surface area contributed by atoms with E-state index in [4.69, 9.17) is 5.73 Å². The Bertz CT molecular complexity index is 484. The molecule has 0 spiro atoms. The van der Waals surface area contributed by atoms with E-state index < -0.39 is 0 Å². The van der Waals surface area contributed by atoms with E-state index in [-0.39, 0.29) is 29.6 Å². The van der Waals surface area contributed by atoms with Crippen LogP contribution in [0.3, 0.4) is 0 Å². The Morgan fingerprint density at radius 3 is 2.36 bits per heavy atom. The van der Waals surface area contributed by atoms with E-state index in [0.717, 1.165) is 13.1 Å². The molecule has 22 heavy (non-hydrogen) atoms. The van der Waals surface area contributed by atoms with Crippen LogP contribution in [-0.2, 0) is 4.79 Å². The molecule has 4 heteroatoms. The third-order valence-electron chi connectivity index (χ3n) is 4.95. The quantitative estimate of drug-likeness (QED) is 0.927. The highest BCUT2D eigenvalue weighted by Crippen LogP contribution is 2.35. The van der Waals surface area contributed by atoms with E-state index in [1.807, 2.05) is 17.9 Å². The summed E-state index contributed by atoms with van der Waals surface area (Å²) in [4.78, 5) is 14.7. The zero-order chi connectivity index (χ0) is 15.6. The normalized spacial score (nSPS) is 23.0. The molecule has 1 saturated heterocycles. The minimum Gasteiger partial charge on any atom is -0.341 e. The van der Waals surface area contributed by atoms with Crippen LogP contribution in [0, 0.1) is 17.3 Å². The first-order valence-electron chi connectivity index (χ1n) is 7.88. The summed E-state index contributed by atoms with van der Waals surface area (Å²) < 4.78 is 0. The van der Waals surface area contributed by atoms with Crippen LogP contribution >= 0.6 is 12.4 Å². The fourth-order valence-corrected chi connectivity index (χ4v) is 3.01. The molecule has 0 aliphatic carbocycles. The molecule has 124 valence electrons. The first-order valence-corrected chi connectivity index (χ1v) is 7.88. The van der Waals surface area contributed by atoms with Crippen molar-refractivity contribution < 1.29 is 4.79 Å². The number of amides is 1. The molecule has 0 bridgehead atoms. The molecule has 0 aromatic heterocycles. The Morgan fingerprint density at radius 2 is 1.86 bits per heavy atom. The smallest absolute Gasteiger partial charge is 0.225 e. The minimum absolute atomic E-state index is 0. The summed E-state index contributed by atoms with van der Waals surface area (Å²) in [6, 6.07) is 10.4. The molecule has 1 aliphatic heterocycles. The third-order valence-corrected chi connectivity index (χ3v) is 4.95. The highest BCUT2D eigenvalue weighted by Gasteiger charge is 2.38. The van der Waals surface area contributed by atoms with Crippen LogP contribution in [0.15, 0.2) is 30.3 Å². The summed E-state index contributed by atoms with van der Waals surface area (Å²) >= 11 is 0. The fraction of sp³-hybridized carbons (Fsp3) is 0.611. The molecule has 1 amide bonds. The molecule has 2 rings (SSSR count). The van der Waals surface area contributed by atoms with Crippen LogP contribution < -0.4 is 5.73 Å². The number of hydrogen-bond donors (Lipinski definition) is 1. The molecule has 3 nitrogen and oxygen atoms in total. The van der Waals surface area contributed by atoms with Crippen LogP contribution in [0.4, 0.5) is 0 Å². The van der Waals surface area contributed by atoms with Gasteiger partial charge in [0.1, 0.15) is 0 Å². The predicted molar refractivity (Wildman–Crippen MR) is 94.2 cm³/mol. The molecule has 2 N–H and O–H groups in total. The molecule has 1 aromatic rings. The highest BCUT2D eigenvalue weighted by atomic mass is 35.5. The van der Waals surface area contributed by atoms with Gasteiger partial charge in [-0.1, -0.05) is 58.0 Å². The van der Waals surface area contributed by atoms with Crippen LogP contribution in [0.5, 0.6) is 0 Å². The van der Waals surface area contributed by atoms with Crippen LogP contribution in [0.25, 0.3) is 0 Å². The Labute approximate surface area is 140 Å². The van der Waals surface area contributed by atoms with E-state index in [9.17, 15) is 4.79 Å². The van der Waals surface area contributed by atoms with Crippen molar-refractivity contribution in [3.63, 3.8) is 0 Å². The number of nitrogens with zero attached hydrogens (tertiary/aromatic N) is 1. The lowest BCUT2D eigenvalue weighted by Crippen LogP contribution is -2.39. The zero-order valence-electron chi connectivity index (χ0n) is 14.1. The largest absolute Gasteiger partial charge is 0.341 e. The average molecular weight is 325 g/mol. The van der Waals surface area contributed by atoms with Crippen molar-refractivity contribution >= 4 is 18.3 Å². The lowest BCUT2D eigenvalue weighted by molar-refractivity contribution is -0.137. The summed E-state index contributed by atoms with van der Waals surface area (Å²) in [6.07, 6.45) is 0. The summed E-state index contributed by atoms with van der Waals surface area (Å²) in [7, 11) is 0. The third kappa shape index (κ3) is 4.02. The SMILES string of the molecule is CC(C(=O)N1C[C@@H](CN)[C@H](c2ccccc2)C1)C(C)(C)C.Cl. The van der Waals surface area contributed by atoms with Gasteiger partial charge in [0.15, 0.2) is 0 Å². The van der Waals surface area contributed by atoms with Crippen molar-refractivity contribution in [2.75, 3.05) is 19.6 Å². The summed E-state index contributed by atoms with van der Waals surface area (Å²) in [5.41, 5.74) is 7.25. The highest BCUT2D eigenvalue weighted by molar-refractivity contribution is 5.85. The van der Waals surface area contributed by atoms with E-state index in [1.54, 1.807) is 0 Å². The molecule has 3 atom stereocenters. The van der Waals surface area contributed by atoms with Crippen molar-refractivity contribution in [1.29, 1.82) is 0 Å². The van der Waals surface area contributed by atoms with Crippen molar-refractivity contribution in [3.8, 4) is 0 Å². The van der Waals surface area contributed by atoms with Crippen molar-refractivity contribution in [2.45, 2.75) is 33.6 Å². The average Bonchev–Trinajstić information content (AvgIpc) is 2.90. The molecular weight excluding hydrogens is 296 g/mol. The molecular formula is C18H29ClN2O. The second-order valence-corrected chi connectivity index (χ2v) is 7.34. The Hall–Kier alpha value is -1.06. The lowest BCUT2D eigenvalue weighted by Gasteiger charge is -2.30. The van der Waals surface area contributed by atoms with Gasteiger partial charge in [0.2, 0.25) is 5.91 Å². The maximum Gasteiger partial charge on any atom is 0.225 e. The fourth-order valence-electron chi connectivity index (χ4n) is 3.01. The first kappa shape index (κ1) is 19.0. The molecule has 0 radical (unpaired) electrons. The maximum absolute atomic E-state index is 12.7. The summed E-state index contributed by atoms with van der Waals surface area (Å²) in [5, 5.41) is 0. The van der Waals surface area contributed by atoms with Gasteiger partial charge in [0, 0.05) is 24.9 Å². The monoisotopic (exact) mass is 324 g/mol. The van der Waals surface area contributed by atoms with Gasteiger partial charge in [-0.15, -0.1) is 12.4 Å². The van der Waals surface area contributed by atoms with Crippen molar-refractivity contribution in [1.82, 2.24) is 4.90 Å². The van der Waals surface area contributed by atoms with Gasteiger partial charge in [0.25, 0.3) is 0 Å². The maximum atomic E-state index is 12.7. The number of nitrogens with two attached hydrogens (primary N) is 1. The lowest BCUT2D eigenvalue weighted by atomic mass is 9.81. The van der Waals surface area contributed by atoms with E-state index >= 15 is 0 Å². The predicted octanol–water partition coefficient (Wildman–Crippen LogP) is 3.29. The van der Waals surface area contributed by atoms with Crippen LogP contribution in [0.1, 0.15) is 39.2 Å². The Kier molecular flexibility index (Phi) is 6.45. The number of carbonyl (C=O) groups excluding carboxylic acids is 1. The Balaban J connectivity index is 0.00000242.